The summed E-state index contributed by atoms with van der Waals surface area (Å²) in [6, 6.07) is 8.20. The molecule has 0 aromatic heterocycles. The summed E-state index contributed by atoms with van der Waals surface area (Å²) in [5.41, 5.74) is 0.805. The quantitative estimate of drug-likeness (QED) is 0.701. The van der Waals surface area contributed by atoms with Crippen molar-refractivity contribution in [3.8, 4) is 0 Å². The molecular formula is C18H26BrNO. The molecular weight excluding hydrogens is 326 g/mol. The average molecular weight is 352 g/mol. The Kier molecular flexibility index (Phi) is 6.00. The molecule has 21 heavy (non-hydrogen) atoms. The molecule has 0 N–H and O–H groups in total. The number of nitrogens with zero attached hydrogens (tertiary/aromatic N) is 1. The van der Waals surface area contributed by atoms with E-state index in [0.717, 1.165) is 16.0 Å². The molecule has 0 amide bonds. The molecule has 1 aromatic rings. The van der Waals surface area contributed by atoms with Gasteiger partial charge in [-0.15, -0.1) is 0 Å². The fourth-order valence-electron chi connectivity index (χ4n) is 3.32. The number of carbonyl (C=O) groups is 1. The Morgan fingerprint density at radius 2 is 1.81 bits per heavy atom. The zero-order valence-electron chi connectivity index (χ0n) is 13.3. The highest BCUT2D eigenvalue weighted by Gasteiger charge is 2.28. The first-order chi connectivity index (χ1) is 10.0. The number of Topliss-reactive ketones (excluding diaryl/α,β-unsaturated/α-hetero) is 1. The highest BCUT2D eigenvalue weighted by atomic mass is 79.9. The lowest BCUT2D eigenvalue weighted by molar-refractivity contribution is 0.0752. The van der Waals surface area contributed by atoms with E-state index in [1.165, 1.54) is 32.1 Å². The lowest BCUT2D eigenvalue weighted by Crippen LogP contribution is -2.44. The van der Waals surface area contributed by atoms with Crippen molar-refractivity contribution in [2.24, 2.45) is 5.92 Å². The molecule has 1 aliphatic carbocycles. The summed E-state index contributed by atoms with van der Waals surface area (Å²) in [4.78, 5) is 14.9. The van der Waals surface area contributed by atoms with Crippen molar-refractivity contribution in [2.75, 3.05) is 7.05 Å². The van der Waals surface area contributed by atoms with E-state index in [0.29, 0.717) is 6.04 Å². The van der Waals surface area contributed by atoms with Crippen LogP contribution in [0.3, 0.4) is 0 Å². The summed E-state index contributed by atoms with van der Waals surface area (Å²) in [7, 11) is 2.11. The summed E-state index contributed by atoms with van der Waals surface area (Å²) >= 11 is 3.41. The van der Waals surface area contributed by atoms with E-state index in [-0.39, 0.29) is 11.8 Å². The maximum Gasteiger partial charge on any atom is 0.179 e. The van der Waals surface area contributed by atoms with E-state index in [2.05, 4.69) is 34.8 Å². The zero-order valence-corrected chi connectivity index (χ0v) is 14.9. The first-order valence-electron chi connectivity index (χ1n) is 8.04. The topological polar surface area (TPSA) is 20.3 Å². The van der Waals surface area contributed by atoms with Gasteiger partial charge in [0.1, 0.15) is 0 Å². The Morgan fingerprint density at radius 1 is 1.24 bits per heavy atom. The van der Waals surface area contributed by atoms with Gasteiger partial charge in [0.05, 0.1) is 6.04 Å². The first kappa shape index (κ1) is 16.7. The normalized spacial score (nSPS) is 24.0. The van der Waals surface area contributed by atoms with Crippen LogP contribution in [0.15, 0.2) is 28.7 Å². The van der Waals surface area contributed by atoms with E-state index in [4.69, 9.17) is 0 Å². The summed E-state index contributed by atoms with van der Waals surface area (Å²) in [6.07, 6.45) is 6.37. The molecule has 116 valence electrons. The lowest BCUT2D eigenvalue weighted by Gasteiger charge is -2.37. The Labute approximate surface area is 137 Å². The minimum Gasteiger partial charge on any atom is -0.294 e. The average Bonchev–Trinajstić information content (AvgIpc) is 2.53. The van der Waals surface area contributed by atoms with Crippen molar-refractivity contribution in [2.45, 2.75) is 58.0 Å². The van der Waals surface area contributed by atoms with Crippen molar-refractivity contribution >= 4 is 21.7 Å². The predicted molar refractivity (Wildman–Crippen MR) is 91.7 cm³/mol. The number of hydrogen-bond acceptors (Lipinski definition) is 2. The van der Waals surface area contributed by atoms with Crippen LogP contribution >= 0.6 is 15.9 Å². The first-order valence-corrected chi connectivity index (χ1v) is 8.84. The van der Waals surface area contributed by atoms with Gasteiger partial charge < -0.3 is 0 Å². The molecule has 0 bridgehead atoms. The predicted octanol–water partition coefficient (Wildman–Crippen LogP) is 4.92. The number of hydrogen-bond donors (Lipinski definition) is 0. The molecule has 1 fully saturated rings. The van der Waals surface area contributed by atoms with E-state index >= 15 is 0 Å². The molecule has 0 radical (unpaired) electrons. The molecule has 1 atom stereocenters. The molecule has 0 spiro atoms. The molecule has 0 saturated heterocycles. The van der Waals surface area contributed by atoms with Gasteiger partial charge in [0.15, 0.2) is 5.78 Å². The van der Waals surface area contributed by atoms with Gasteiger partial charge >= 0.3 is 0 Å². The number of rotatable bonds is 5. The largest absolute Gasteiger partial charge is 0.294 e. The van der Waals surface area contributed by atoms with Gasteiger partial charge in [0, 0.05) is 16.1 Å². The van der Waals surface area contributed by atoms with Crippen LogP contribution in [0.25, 0.3) is 0 Å². The van der Waals surface area contributed by atoms with Gasteiger partial charge in [-0.25, -0.2) is 0 Å². The molecule has 0 heterocycles. The van der Waals surface area contributed by atoms with Gasteiger partial charge in [-0.05, 0) is 57.7 Å². The van der Waals surface area contributed by atoms with E-state index in [9.17, 15) is 4.79 Å². The van der Waals surface area contributed by atoms with Crippen molar-refractivity contribution in [3.63, 3.8) is 0 Å². The molecule has 1 aliphatic rings. The van der Waals surface area contributed by atoms with Crippen molar-refractivity contribution < 1.29 is 4.79 Å². The van der Waals surface area contributed by atoms with E-state index in [1.807, 2.05) is 31.2 Å². The summed E-state index contributed by atoms with van der Waals surface area (Å²) < 4.78 is 1.01. The summed E-state index contributed by atoms with van der Waals surface area (Å²) in [5.74, 6) is 1.12. The minimum atomic E-state index is -0.0469. The van der Waals surface area contributed by atoms with Gasteiger partial charge in [0.25, 0.3) is 0 Å². The second kappa shape index (κ2) is 7.55. The number of carbonyl (C=O) groups excluding carboxylic acids is 1. The second-order valence-corrected chi connectivity index (χ2v) is 7.21. The number of likely N-dealkylation sites (N-methyl/N-ethyl adjacent to an activating group) is 1. The van der Waals surface area contributed by atoms with Crippen LogP contribution in [0.4, 0.5) is 0 Å². The minimum absolute atomic E-state index is 0.0469. The van der Waals surface area contributed by atoms with Crippen LogP contribution in [-0.4, -0.2) is 29.8 Å². The molecule has 1 saturated carbocycles. The maximum atomic E-state index is 12.6. The third-order valence-corrected chi connectivity index (χ3v) is 5.62. The highest BCUT2D eigenvalue weighted by molar-refractivity contribution is 9.10. The summed E-state index contributed by atoms with van der Waals surface area (Å²) in [6.45, 7) is 4.32. The Bertz CT molecular complexity index is 463. The smallest absolute Gasteiger partial charge is 0.179 e. The van der Waals surface area contributed by atoms with Gasteiger partial charge in [-0.3, -0.25) is 9.69 Å². The molecule has 1 unspecified atom stereocenters. The monoisotopic (exact) mass is 351 g/mol. The van der Waals surface area contributed by atoms with Gasteiger partial charge in [-0.2, -0.15) is 0 Å². The highest BCUT2D eigenvalue weighted by Crippen LogP contribution is 2.30. The maximum absolute atomic E-state index is 12.6. The van der Waals surface area contributed by atoms with Crippen molar-refractivity contribution in [1.29, 1.82) is 0 Å². The zero-order chi connectivity index (χ0) is 15.4. The van der Waals surface area contributed by atoms with E-state index in [1.54, 1.807) is 0 Å². The molecule has 2 rings (SSSR count). The second-order valence-electron chi connectivity index (χ2n) is 6.30. The Hall–Kier alpha value is -0.670. The van der Waals surface area contributed by atoms with Crippen molar-refractivity contribution in [1.82, 2.24) is 4.90 Å². The molecule has 3 heteroatoms. The molecule has 0 aliphatic heterocycles. The number of ketones is 1. The van der Waals surface area contributed by atoms with Crippen LogP contribution in [0.5, 0.6) is 0 Å². The summed E-state index contributed by atoms with van der Waals surface area (Å²) in [5, 5.41) is 0. The van der Waals surface area contributed by atoms with Gasteiger partial charge in [-0.1, -0.05) is 41.4 Å². The lowest BCUT2D eigenvalue weighted by atomic mass is 9.83. The van der Waals surface area contributed by atoms with Gasteiger partial charge in [0.2, 0.25) is 0 Å². The SMILES string of the molecule is CCC1CCC(N(C)C(C)C(=O)c2ccc(Br)cc2)CC1. The van der Waals surface area contributed by atoms with Crippen LogP contribution in [0.1, 0.15) is 56.3 Å². The van der Waals surface area contributed by atoms with Crippen LogP contribution < -0.4 is 0 Å². The van der Waals surface area contributed by atoms with Crippen LogP contribution in [0.2, 0.25) is 0 Å². The Balaban J connectivity index is 1.97. The third kappa shape index (κ3) is 4.17. The van der Waals surface area contributed by atoms with E-state index < -0.39 is 0 Å². The molecule has 1 aromatic carbocycles. The molecule has 2 nitrogen and oxygen atoms in total. The fraction of sp³-hybridized carbons (Fsp3) is 0.611. The number of benzene rings is 1. The van der Waals surface area contributed by atoms with Crippen LogP contribution in [-0.2, 0) is 0 Å². The fourth-order valence-corrected chi connectivity index (χ4v) is 3.58. The standard InChI is InChI=1S/C18H26BrNO/c1-4-14-5-11-17(12-6-14)20(3)13(2)18(21)15-7-9-16(19)10-8-15/h7-10,13-14,17H,4-6,11-12H2,1-3H3. The number of halogens is 1. The Morgan fingerprint density at radius 3 is 2.33 bits per heavy atom. The van der Waals surface area contributed by atoms with Crippen molar-refractivity contribution in [3.05, 3.63) is 34.3 Å². The third-order valence-electron chi connectivity index (χ3n) is 5.09. The van der Waals surface area contributed by atoms with Crippen LogP contribution in [0, 0.1) is 5.92 Å².